The van der Waals surface area contributed by atoms with Crippen molar-refractivity contribution >= 4 is 12.2 Å². The van der Waals surface area contributed by atoms with Crippen LogP contribution in [0.5, 0.6) is 0 Å². The molecule has 0 aromatic carbocycles. The van der Waals surface area contributed by atoms with Gasteiger partial charge in [-0.1, -0.05) is 26.7 Å². The molecule has 0 aliphatic heterocycles. The van der Waals surface area contributed by atoms with E-state index in [1.807, 2.05) is 26.0 Å². The van der Waals surface area contributed by atoms with Crippen molar-refractivity contribution in [1.82, 2.24) is 20.5 Å². The van der Waals surface area contributed by atoms with Crippen LogP contribution >= 0.6 is 0 Å². The summed E-state index contributed by atoms with van der Waals surface area (Å²) in [5, 5.41) is 5.44. The third-order valence-corrected chi connectivity index (χ3v) is 4.63. The van der Waals surface area contributed by atoms with E-state index in [2.05, 4.69) is 15.6 Å². The van der Waals surface area contributed by atoms with E-state index >= 15 is 0 Å². The minimum atomic E-state index is -0.655. The number of nitrogens with zero attached hydrogens (tertiary/aromatic N) is 2. The Hall–Kier alpha value is -2.39. The molecule has 0 saturated heterocycles. The largest absolute Gasteiger partial charge is 0.430 e. The fourth-order valence-electron chi connectivity index (χ4n) is 2.80. The summed E-state index contributed by atoms with van der Waals surface area (Å²) in [5.41, 5.74) is 7.23. The Labute approximate surface area is 179 Å². The van der Waals surface area contributed by atoms with Gasteiger partial charge in [-0.25, -0.2) is 14.5 Å². The highest BCUT2D eigenvalue weighted by molar-refractivity contribution is 5.67. The van der Waals surface area contributed by atoms with Crippen LogP contribution in [-0.2, 0) is 9.47 Å². The van der Waals surface area contributed by atoms with Gasteiger partial charge < -0.3 is 25.8 Å². The highest BCUT2D eigenvalue weighted by Crippen LogP contribution is 2.16. The number of hydrogen-bond acceptors (Lipinski definition) is 7. The third-order valence-electron chi connectivity index (χ3n) is 4.63. The van der Waals surface area contributed by atoms with Gasteiger partial charge in [-0.3, -0.25) is 4.98 Å². The van der Waals surface area contributed by atoms with Crippen LogP contribution in [-0.4, -0.2) is 54.2 Å². The fraction of sp³-hybridized carbons (Fsp3) is 0.667. The van der Waals surface area contributed by atoms with Gasteiger partial charge in [0.1, 0.15) is 0 Å². The molecule has 0 saturated carbocycles. The lowest BCUT2D eigenvalue weighted by Crippen LogP contribution is -2.49. The molecule has 1 aromatic rings. The van der Waals surface area contributed by atoms with E-state index < -0.39 is 24.6 Å². The van der Waals surface area contributed by atoms with Gasteiger partial charge >= 0.3 is 12.2 Å². The zero-order valence-electron chi connectivity index (χ0n) is 18.6. The Balaban J connectivity index is 2.78. The van der Waals surface area contributed by atoms with E-state index in [1.165, 1.54) is 0 Å². The number of nitrogens with one attached hydrogen (secondary N) is 2. The Kier molecular flexibility index (Phi) is 12.5. The number of unbranched alkanes of at least 4 members (excludes halogenated alkanes) is 2. The molecule has 3 atom stereocenters. The van der Waals surface area contributed by atoms with Crippen molar-refractivity contribution in [2.45, 2.75) is 71.9 Å². The standard InChI is InChI=1S/C21H37N5O4/c1-5-7-11-24-20(27)29-16(3)26(15-19(22)18-9-13-23-14-10-18)17(4)30-21(28)25-12-8-6-2/h9-10,13-14,16-17,19H,5-8,11-12,15,22H2,1-4H3,(H,24,27)(H,25,28). The molecule has 0 spiro atoms. The molecule has 1 rings (SSSR count). The van der Waals surface area contributed by atoms with E-state index in [0.717, 1.165) is 31.2 Å². The number of aromatic nitrogens is 1. The number of rotatable bonds is 13. The molecule has 0 radical (unpaired) electrons. The molecule has 170 valence electrons. The Morgan fingerprint density at radius 2 is 1.47 bits per heavy atom. The molecule has 0 fully saturated rings. The zero-order chi connectivity index (χ0) is 22.4. The summed E-state index contributed by atoms with van der Waals surface area (Å²) >= 11 is 0. The van der Waals surface area contributed by atoms with E-state index in [1.54, 1.807) is 31.1 Å². The van der Waals surface area contributed by atoms with Crippen molar-refractivity contribution in [3.63, 3.8) is 0 Å². The Morgan fingerprint density at radius 3 is 1.90 bits per heavy atom. The second kappa shape index (κ2) is 14.6. The minimum Gasteiger partial charge on any atom is -0.430 e. The lowest BCUT2D eigenvalue weighted by Gasteiger charge is -2.34. The van der Waals surface area contributed by atoms with Crippen molar-refractivity contribution in [1.29, 1.82) is 0 Å². The quantitative estimate of drug-likeness (QED) is 0.329. The van der Waals surface area contributed by atoms with Gasteiger partial charge in [-0.2, -0.15) is 0 Å². The van der Waals surface area contributed by atoms with Gasteiger partial charge in [0.15, 0.2) is 12.5 Å². The van der Waals surface area contributed by atoms with Gasteiger partial charge in [-0.15, -0.1) is 0 Å². The van der Waals surface area contributed by atoms with Crippen LogP contribution in [0.4, 0.5) is 9.59 Å². The maximum Gasteiger partial charge on any atom is 0.408 e. The van der Waals surface area contributed by atoms with E-state index in [4.69, 9.17) is 15.2 Å². The summed E-state index contributed by atoms with van der Waals surface area (Å²) in [4.78, 5) is 29.9. The number of amides is 2. The molecule has 0 bridgehead atoms. The monoisotopic (exact) mass is 423 g/mol. The topological polar surface area (TPSA) is 119 Å². The van der Waals surface area contributed by atoms with E-state index in [0.29, 0.717) is 19.6 Å². The first-order chi connectivity index (χ1) is 14.4. The van der Waals surface area contributed by atoms with Crippen molar-refractivity contribution < 1.29 is 19.1 Å². The van der Waals surface area contributed by atoms with E-state index in [-0.39, 0.29) is 6.04 Å². The molecule has 0 aliphatic carbocycles. The number of pyridine rings is 1. The first-order valence-corrected chi connectivity index (χ1v) is 10.7. The van der Waals surface area contributed by atoms with Crippen molar-refractivity contribution in [3.05, 3.63) is 30.1 Å². The highest BCUT2D eigenvalue weighted by atomic mass is 16.6. The van der Waals surface area contributed by atoms with Crippen LogP contribution in [0.1, 0.15) is 65.0 Å². The SMILES string of the molecule is CCCCNC(=O)OC(C)N(CC(N)c1ccncc1)C(C)OC(=O)NCCCC. The summed E-state index contributed by atoms with van der Waals surface area (Å²) < 4.78 is 11.0. The summed E-state index contributed by atoms with van der Waals surface area (Å²) in [7, 11) is 0. The lowest BCUT2D eigenvalue weighted by atomic mass is 10.1. The molecule has 1 aromatic heterocycles. The molecule has 1 heterocycles. The maximum atomic E-state index is 12.1. The minimum absolute atomic E-state index is 0.316. The molecule has 3 unspecified atom stereocenters. The van der Waals surface area contributed by atoms with Crippen LogP contribution in [0.3, 0.4) is 0 Å². The molecule has 30 heavy (non-hydrogen) atoms. The van der Waals surface area contributed by atoms with Gasteiger partial charge in [0, 0.05) is 38.1 Å². The average Bonchev–Trinajstić information content (AvgIpc) is 2.72. The number of hydrogen-bond donors (Lipinski definition) is 3. The van der Waals surface area contributed by atoms with Gasteiger partial charge in [-0.05, 0) is 44.4 Å². The predicted molar refractivity (Wildman–Crippen MR) is 116 cm³/mol. The first kappa shape index (κ1) is 25.6. The van der Waals surface area contributed by atoms with Crippen LogP contribution < -0.4 is 16.4 Å². The molecule has 4 N–H and O–H groups in total. The van der Waals surface area contributed by atoms with Gasteiger partial charge in [0.2, 0.25) is 0 Å². The first-order valence-electron chi connectivity index (χ1n) is 10.7. The van der Waals surface area contributed by atoms with Crippen LogP contribution in [0, 0.1) is 0 Å². The molecular weight excluding hydrogens is 386 g/mol. The maximum absolute atomic E-state index is 12.1. The highest BCUT2D eigenvalue weighted by Gasteiger charge is 2.28. The van der Waals surface area contributed by atoms with Crippen LogP contribution in [0.15, 0.2) is 24.5 Å². The number of carbonyl (C=O) groups is 2. The van der Waals surface area contributed by atoms with Crippen LogP contribution in [0.25, 0.3) is 0 Å². The fourth-order valence-corrected chi connectivity index (χ4v) is 2.80. The van der Waals surface area contributed by atoms with E-state index in [9.17, 15) is 9.59 Å². The zero-order valence-corrected chi connectivity index (χ0v) is 18.6. The summed E-state index contributed by atoms with van der Waals surface area (Å²) in [6.07, 6.45) is 4.69. The summed E-state index contributed by atoms with van der Waals surface area (Å²) in [6, 6.07) is 3.28. The van der Waals surface area contributed by atoms with Gasteiger partial charge in [0.05, 0.1) is 0 Å². The molecule has 0 aliphatic rings. The number of alkyl carbamates (subject to hydrolysis) is 2. The molecule has 9 heteroatoms. The summed E-state index contributed by atoms with van der Waals surface area (Å²) in [6.45, 7) is 8.96. The number of ether oxygens (including phenoxy) is 2. The molecule has 2 amide bonds. The Morgan fingerprint density at radius 1 is 1.00 bits per heavy atom. The normalized spacial score (nSPS) is 13.9. The lowest BCUT2D eigenvalue weighted by molar-refractivity contribution is -0.0940. The third kappa shape index (κ3) is 9.89. The number of carbonyl (C=O) groups excluding carboxylic acids is 2. The van der Waals surface area contributed by atoms with Crippen molar-refractivity contribution in [2.24, 2.45) is 5.73 Å². The number of nitrogens with two attached hydrogens (primary N) is 1. The molecule has 9 nitrogen and oxygen atoms in total. The molecular formula is C21H37N5O4. The Bertz CT molecular complexity index is 587. The second-order valence-electron chi connectivity index (χ2n) is 7.15. The average molecular weight is 424 g/mol. The van der Waals surface area contributed by atoms with Crippen molar-refractivity contribution in [3.8, 4) is 0 Å². The van der Waals surface area contributed by atoms with Crippen molar-refractivity contribution in [2.75, 3.05) is 19.6 Å². The predicted octanol–water partition coefficient (Wildman–Crippen LogP) is 3.13. The smallest absolute Gasteiger partial charge is 0.408 e. The second-order valence-corrected chi connectivity index (χ2v) is 7.15. The van der Waals surface area contributed by atoms with Gasteiger partial charge in [0.25, 0.3) is 0 Å². The summed E-state index contributed by atoms with van der Waals surface area (Å²) in [5.74, 6) is 0. The van der Waals surface area contributed by atoms with Crippen LogP contribution in [0.2, 0.25) is 0 Å².